The number of methoxy groups -OCH3 is 1. The lowest BCUT2D eigenvalue weighted by atomic mass is 9.92. The van der Waals surface area contributed by atoms with Crippen molar-refractivity contribution in [2.45, 2.75) is 19.3 Å². The molecule has 0 amide bonds. The first-order chi connectivity index (χ1) is 10.2. The van der Waals surface area contributed by atoms with E-state index in [1.807, 2.05) is 18.2 Å². The lowest BCUT2D eigenvalue weighted by Gasteiger charge is -2.13. The first-order valence-electron chi connectivity index (χ1n) is 7.19. The predicted molar refractivity (Wildman–Crippen MR) is 83.5 cm³/mol. The van der Waals surface area contributed by atoms with Crippen LogP contribution in [0.2, 0.25) is 0 Å². The molecule has 0 aliphatic heterocycles. The molecule has 3 rings (SSSR count). The average molecular weight is 281 g/mol. The molecular formula is C18H19NO2. The maximum atomic E-state index is 11.8. The zero-order valence-corrected chi connectivity index (χ0v) is 12.3. The minimum Gasteiger partial charge on any atom is -0.465 e. The molecule has 0 saturated carbocycles. The van der Waals surface area contributed by atoms with Gasteiger partial charge in [0, 0.05) is 5.92 Å². The van der Waals surface area contributed by atoms with Gasteiger partial charge in [-0.25, -0.2) is 4.79 Å². The van der Waals surface area contributed by atoms with Crippen molar-refractivity contribution in [2.24, 2.45) is 5.73 Å². The summed E-state index contributed by atoms with van der Waals surface area (Å²) in [5.74, 6) is -0.0269. The molecule has 2 N–H and O–H groups in total. The van der Waals surface area contributed by atoms with Crippen molar-refractivity contribution in [3.8, 4) is 11.1 Å². The second-order valence-electron chi connectivity index (χ2n) is 5.51. The molecule has 108 valence electrons. The van der Waals surface area contributed by atoms with E-state index in [-0.39, 0.29) is 11.9 Å². The maximum absolute atomic E-state index is 11.8. The number of esters is 1. The van der Waals surface area contributed by atoms with Gasteiger partial charge < -0.3 is 10.5 Å². The van der Waals surface area contributed by atoms with Gasteiger partial charge in [0.25, 0.3) is 0 Å². The van der Waals surface area contributed by atoms with E-state index in [0.29, 0.717) is 12.1 Å². The summed E-state index contributed by atoms with van der Waals surface area (Å²) in [6.45, 7) is 2.72. The molecule has 1 atom stereocenters. The Morgan fingerprint density at radius 1 is 1.14 bits per heavy atom. The van der Waals surface area contributed by atoms with E-state index in [4.69, 9.17) is 10.5 Å². The quantitative estimate of drug-likeness (QED) is 0.879. The van der Waals surface area contributed by atoms with E-state index in [9.17, 15) is 4.79 Å². The molecule has 0 saturated heterocycles. The van der Waals surface area contributed by atoms with Crippen molar-refractivity contribution in [3.05, 3.63) is 58.7 Å². The summed E-state index contributed by atoms with van der Waals surface area (Å²) in [6, 6.07) is 12.3. The number of carbonyl (C=O) groups is 1. The predicted octanol–water partition coefficient (Wildman–Crippen LogP) is 3.24. The van der Waals surface area contributed by atoms with E-state index >= 15 is 0 Å². The highest BCUT2D eigenvalue weighted by molar-refractivity contribution is 5.92. The lowest BCUT2D eigenvalue weighted by Crippen LogP contribution is -2.08. The molecule has 2 aromatic carbocycles. The smallest absolute Gasteiger partial charge is 0.337 e. The maximum Gasteiger partial charge on any atom is 0.337 e. The van der Waals surface area contributed by atoms with Gasteiger partial charge in [0.2, 0.25) is 0 Å². The van der Waals surface area contributed by atoms with Gasteiger partial charge in [-0.05, 0) is 54.3 Å². The number of rotatable bonds is 3. The van der Waals surface area contributed by atoms with E-state index in [1.165, 1.54) is 34.9 Å². The highest BCUT2D eigenvalue weighted by atomic mass is 16.5. The topological polar surface area (TPSA) is 52.3 Å². The molecule has 0 spiro atoms. The summed E-state index contributed by atoms with van der Waals surface area (Å²) < 4.78 is 4.82. The SMILES string of the molecule is COC(=O)c1ccc2c(c1)C(CCN)c1cc(C)ccc1-2. The zero-order valence-electron chi connectivity index (χ0n) is 12.3. The van der Waals surface area contributed by atoms with Gasteiger partial charge in [0.1, 0.15) is 0 Å². The molecular weight excluding hydrogens is 262 g/mol. The van der Waals surface area contributed by atoms with Crippen LogP contribution in [0.3, 0.4) is 0 Å². The van der Waals surface area contributed by atoms with E-state index < -0.39 is 0 Å². The fraction of sp³-hybridized carbons (Fsp3) is 0.278. The largest absolute Gasteiger partial charge is 0.465 e. The molecule has 3 heteroatoms. The number of aryl methyl sites for hydroxylation is 1. The number of benzene rings is 2. The Balaban J connectivity index is 2.16. The van der Waals surface area contributed by atoms with Gasteiger partial charge in [0.05, 0.1) is 12.7 Å². The first-order valence-corrected chi connectivity index (χ1v) is 7.19. The van der Waals surface area contributed by atoms with Gasteiger partial charge in [-0.2, -0.15) is 0 Å². The van der Waals surface area contributed by atoms with Gasteiger partial charge in [-0.1, -0.05) is 29.8 Å². The molecule has 0 bridgehead atoms. The zero-order chi connectivity index (χ0) is 15.0. The summed E-state index contributed by atoms with van der Waals surface area (Å²) in [5.41, 5.74) is 12.6. The van der Waals surface area contributed by atoms with E-state index in [1.54, 1.807) is 0 Å². The van der Waals surface area contributed by atoms with Crippen molar-refractivity contribution in [2.75, 3.05) is 13.7 Å². The average Bonchev–Trinajstić information content (AvgIpc) is 2.80. The lowest BCUT2D eigenvalue weighted by molar-refractivity contribution is 0.0600. The number of nitrogens with two attached hydrogens (primary N) is 1. The van der Waals surface area contributed by atoms with Crippen LogP contribution < -0.4 is 5.73 Å². The Morgan fingerprint density at radius 2 is 1.81 bits per heavy atom. The molecule has 1 unspecified atom stereocenters. The van der Waals surface area contributed by atoms with Crippen LogP contribution in [0.5, 0.6) is 0 Å². The number of hydrogen-bond donors (Lipinski definition) is 1. The summed E-state index contributed by atoms with van der Waals surface area (Å²) in [5, 5.41) is 0. The molecule has 0 aromatic heterocycles. The minimum absolute atomic E-state index is 0.268. The fourth-order valence-electron chi connectivity index (χ4n) is 3.20. The van der Waals surface area contributed by atoms with E-state index in [2.05, 4.69) is 25.1 Å². The fourth-order valence-corrected chi connectivity index (χ4v) is 3.20. The third kappa shape index (κ3) is 2.24. The van der Waals surface area contributed by atoms with Gasteiger partial charge in [-0.3, -0.25) is 0 Å². The van der Waals surface area contributed by atoms with Gasteiger partial charge >= 0.3 is 5.97 Å². The third-order valence-corrected chi connectivity index (χ3v) is 4.18. The second-order valence-corrected chi connectivity index (χ2v) is 5.51. The number of hydrogen-bond acceptors (Lipinski definition) is 3. The monoisotopic (exact) mass is 281 g/mol. The van der Waals surface area contributed by atoms with Crippen LogP contribution >= 0.6 is 0 Å². The van der Waals surface area contributed by atoms with Crippen molar-refractivity contribution in [3.63, 3.8) is 0 Å². The first kappa shape index (κ1) is 13.8. The summed E-state index contributed by atoms with van der Waals surface area (Å²) in [7, 11) is 1.41. The summed E-state index contributed by atoms with van der Waals surface area (Å²) in [4.78, 5) is 11.8. The van der Waals surface area contributed by atoms with Crippen LogP contribution in [0.15, 0.2) is 36.4 Å². The molecule has 1 aliphatic rings. The molecule has 2 aromatic rings. The van der Waals surface area contributed by atoms with Crippen LogP contribution in [0.4, 0.5) is 0 Å². The normalized spacial score (nSPS) is 15.5. The summed E-state index contributed by atoms with van der Waals surface area (Å²) >= 11 is 0. The van der Waals surface area contributed by atoms with Gasteiger partial charge in [0.15, 0.2) is 0 Å². The standard InChI is InChI=1S/C18H19NO2/c1-11-3-5-13-14-6-4-12(18(20)21-2)10-17(14)15(7-8-19)16(13)9-11/h3-6,9-10,15H,7-8,19H2,1-2H3. The molecule has 0 fully saturated rings. The van der Waals surface area contributed by atoms with Crippen molar-refractivity contribution in [1.82, 2.24) is 0 Å². The second kappa shape index (κ2) is 5.34. The van der Waals surface area contributed by atoms with Crippen LogP contribution in [0, 0.1) is 6.92 Å². The Labute approximate surface area is 124 Å². The van der Waals surface area contributed by atoms with Crippen molar-refractivity contribution < 1.29 is 9.53 Å². The number of carbonyl (C=O) groups excluding carboxylic acids is 1. The Bertz CT molecular complexity index is 706. The third-order valence-electron chi connectivity index (χ3n) is 4.18. The molecule has 3 nitrogen and oxygen atoms in total. The molecule has 1 aliphatic carbocycles. The summed E-state index contributed by atoms with van der Waals surface area (Å²) in [6.07, 6.45) is 0.883. The van der Waals surface area contributed by atoms with Gasteiger partial charge in [-0.15, -0.1) is 0 Å². The Kier molecular flexibility index (Phi) is 3.52. The van der Waals surface area contributed by atoms with Crippen molar-refractivity contribution in [1.29, 1.82) is 0 Å². The van der Waals surface area contributed by atoms with Crippen LogP contribution in [-0.4, -0.2) is 19.6 Å². The number of ether oxygens (including phenoxy) is 1. The Morgan fingerprint density at radius 3 is 2.48 bits per heavy atom. The number of fused-ring (bicyclic) bond motifs is 3. The van der Waals surface area contributed by atoms with E-state index in [0.717, 1.165) is 6.42 Å². The van der Waals surface area contributed by atoms with Crippen LogP contribution in [0.25, 0.3) is 11.1 Å². The Hall–Kier alpha value is -2.13. The van der Waals surface area contributed by atoms with Crippen LogP contribution in [-0.2, 0) is 4.74 Å². The molecule has 21 heavy (non-hydrogen) atoms. The molecule has 0 heterocycles. The minimum atomic E-state index is -0.295. The highest BCUT2D eigenvalue weighted by Crippen LogP contribution is 2.46. The van der Waals surface area contributed by atoms with Crippen molar-refractivity contribution >= 4 is 5.97 Å². The highest BCUT2D eigenvalue weighted by Gasteiger charge is 2.29. The molecule has 0 radical (unpaired) electrons. The van der Waals surface area contributed by atoms with Crippen LogP contribution in [0.1, 0.15) is 39.4 Å².